The van der Waals surface area contributed by atoms with Crippen molar-refractivity contribution < 1.29 is 29.0 Å². The second kappa shape index (κ2) is 15.9. The molecule has 2 amide bonds. The van der Waals surface area contributed by atoms with Gasteiger partial charge in [0.25, 0.3) is 0 Å². The summed E-state index contributed by atoms with van der Waals surface area (Å²) in [7, 11) is 0. The lowest BCUT2D eigenvalue weighted by Gasteiger charge is -2.29. The summed E-state index contributed by atoms with van der Waals surface area (Å²) in [5.41, 5.74) is 4.66. The number of carboxylic acids is 1. The van der Waals surface area contributed by atoms with Gasteiger partial charge >= 0.3 is 12.1 Å². The lowest BCUT2D eigenvalue weighted by atomic mass is 9.77. The molecule has 1 heterocycles. The minimum absolute atomic E-state index is 0.0627. The number of aromatic amines is 1. The van der Waals surface area contributed by atoms with Gasteiger partial charge in [-0.25, -0.2) is 9.59 Å². The van der Waals surface area contributed by atoms with Gasteiger partial charge in [-0.3, -0.25) is 9.59 Å². The van der Waals surface area contributed by atoms with Gasteiger partial charge in [-0.2, -0.15) is 5.21 Å². The van der Waals surface area contributed by atoms with Crippen molar-refractivity contribution in [3.05, 3.63) is 83.4 Å². The minimum Gasteiger partial charge on any atom is -0.478 e. The van der Waals surface area contributed by atoms with E-state index in [0.717, 1.165) is 40.7 Å². The number of nitrogens with one attached hydrogen (secondary N) is 3. The van der Waals surface area contributed by atoms with Gasteiger partial charge in [0.15, 0.2) is 0 Å². The average molecular weight is 681 g/mol. The van der Waals surface area contributed by atoms with E-state index in [1.165, 1.54) is 0 Å². The molecule has 0 unspecified atom stereocenters. The molecule has 12 nitrogen and oxygen atoms in total. The molecule has 0 radical (unpaired) electrons. The number of Topliss-reactive ketones (excluding diaryl/α,β-unsaturated/α-hetero) is 1. The standard InChI is InChI=1S/C38H44N6O6/c1-23-5-6-25(20-32(23)26-11-13-29(14-12-26)36(47)48)19-30(35(46)40-31-17-15-28(16-18-31)34-41-43-44-42-34)21-33(45)27-9-7-24(8-10-27)22-39-37(49)50-38(2,3)4/h5-6,11-18,20,24,27,30H,7-10,19,21-22H2,1-4H3,(H,39,49)(H,40,46)(H,47,48)(H,41,42,43,44)/t24?,27?,30-/m1/s1. The molecule has 4 N–H and O–H groups in total. The molecule has 3 aromatic carbocycles. The highest BCUT2D eigenvalue weighted by Crippen LogP contribution is 2.32. The lowest BCUT2D eigenvalue weighted by Crippen LogP contribution is -2.37. The molecule has 1 fully saturated rings. The van der Waals surface area contributed by atoms with Crippen molar-refractivity contribution in [2.24, 2.45) is 17.8 Å². The van der Waals surface area contributed by atoms with Crippen molar-refractivity contribution in [1.29, 1.82) is 0 Å². The van der Waals surface area contributed by atoms with Gasteiger partial charge < -0.3 is 20.5 Å². The van der Waals surface area contributed by atoms with E-state index in [1.54, 1.807) is 48.5 Å². The number of nitrogens with zero attached hydrogens (tertiary/aromatic N) is 3. The molecule has 0 saturated heterocycles. The number of tetrazole rings is 1. The molecule has 1 aliphatic rings. The third-order valence-corrected chi connectivity index (χ3v) is 9.04. The Morgan fingerprint density at radius 3 is 2.24 bits per heavy atom. The lowest BCUT2D eigenvalue weighted by molar-refractivity contribution is -0.129. The zero-order valence-electron chi connectivity index (χ0n) is 28.9. The second-order valence-electron chi connectivity index (χ2n) is 14.0. The Bertz CT molecular complexity index is 1790. The Kier molecular flexibility index (Phi) is 11.4. The highest BCUT2D eigenvalue weighted by atomic mass is 16.6. The first-order valence-electron chi connectivity index (χ1n) is 16.9. The summed E-state index contributed by atoms with van der Waals surface area (Å²) in [6.45, 7) is 7.95. The first-order valence-corrected chi connectivity index (χ1v) is 16.9. The number of H-pyrrole nitrogens is 1. The number of aromatic carboxylic acids is 1. The summed E-state index contributed by atoms with van der Waals surface area (Å²) >= 11 is 0. The maximum atomic E-state index is 13.9. The number of hydrogen-bond acceptors (Lipinski definition) is 8. The Morgan fingerprint density at radius 1 is 0.940 bits per heavy atom. The number of carboxylic acid groups (broad SMARTS) is 1. The van der Waals surface area contributed by atoms with E-state index in [1.807, 2.05) is 45.9 Å². The molecular weight excluding hydrogens is 636 g/mol. The van der Waals surface area contributed by atoms with E-state index in [2.05, 4.69) is 31.3 Å². The summed E-state index contributed by atoms with van der Waals surface area (Å²) in [4.78, 5) is 51.1. The highest BCUT2D eigenvalue weighted by molar-refractivity contribution is 5.96. The number of benzene rings is 3. The predicted octanol–water partition coefficient (Wildman–Crippen LogP) is 6.63. The fourth-order valence-electron chi connectivity index (χ4n) is 6.31. The largest absolute Gasteiger partial charge is 0.478 e. The molecule has 4 aromatic rings. The van der Waals surface area contributed by atoms with Gasteiger partial charge in [0.05, 0.1) is 5.56 Å². The van der Waals surface area contributed by atoms with Crippen LogP contribution in [0.4, 0.5) is 10.5 Å². The first kappa shape index (κ1) is 35.9. The smallest absolute Gasteiger partial charge is 0.407 e. The highest BCUT2D eigenvalue weighted by Gasteiger charge is 2.31. The van der Waals surface area contributed by atoms with E-state index in [0.29, 0.717) is 37.3 Å². The molecule has 1 atom stereocenters. The number of rotatable bonds is 12. The van der Waals surface area contributed by atoms with E-state index < -0.39 is 23.6 Å². The quantitative estimate of drug-likeness (QED) is 0.128. The predicted molar refractivity (Wildman–Crippen MR) is 188 cm³/mol. The Hall–Kier alpha value is -5.39. The monoisotopic (exact) mass is 680 g/mol. The number of aromatic nitrogens is 4. The number of anilines is 1. The summed E-state index contributed by atoms with van der Waals surface area (Å²) < 4.78 is 5.35. The zero-order valence-corrected chi connectivity index (χ0v) is 28.9. The van der Waals surface area contributed by atoms with Crippen LogP contribution >= 0.6 is 0 Å². The Labute approximate surface area is 291 Å². The first-order chi connectivity index (χ1) is 23.8. The fourth-order valence-corrected chi connectivity index (χ4v) is 6.31. The van der Waals surface area contributed by atoms with Crippen molar-refractivity contribution in [3.63, 3.8) is 0 Å². The molecule has 12 heteroatoms. The van der Waals surface area contributed by atoms with Crippen molar-refractivity contribution in [2.75, 3.05) is 11.9 Å². The SMILES string of the molecule is Cc1ccc(C[C@H](CC(=O)C2CCC(CNC(=O)OC(C)(C)C)CC2)C(=O)Nc2ccc(-c3nn[nH]n3)cc2)cc1-c1ccc(C(=O)O)cc1. The third kappa shape index (κ3) is 9.83. The van der Waals surface area contributed by atoms with Gasteiger partial charge in [0.1, 0.15) is 11.4 Å². The molecular formula is C38H44N6O6. The van der Waals surface area contributed by atoms with Crippen LogP contribution in [-0.2, 0) is 20.7 Å². The minimum atomic E-state index is -0.990. The third-order valence-electron chi connectivity index (χ3n) is 9.04. The number of carbonyl (C=O) groups is 4. The summed E-state index contributed by atoms with van der Waals surface area (Å²) in [5, 5.41) is 29.2. The van der Waals surface area contributed by atoms with Crippen LogP contribution in [0.5, 0.6) is 0 Å². The van der Waals surface area contributed by atoms with Gasteiger partial charge in [0, 0.05) is 36.1 Å². The van der Waals surface area contributed by atoms with Crippen molar-refractivity contribution in [1.82, 2.24) is 25.9 Å². The van der Waals surface area contributed by atoms with E-state index in [-0.39, 0.29) is 35.5 Å². The normalized spacial score (nSPS) is 16.6. The summed E-state index contributed by atoms with van der Waals surface area (Å²) in [6, 6.07) is 19.8. The summed E-state index contributed by atoms with van der Waals surface area (Å²) in [6.07, 6.45) is 3.00. The number of ketones is 1. The number of ether oxygens (including phenoxy) is 1. The molecule has 1 saturated carbocycles. The van der Waals surface area contributed by atoms with Gasteiger partial charge in [-0.1, -0.05) is 30.3 Å². The topological polar surface area (TPSA) is 176 Å². The van der Waals surface area contributed by atoms with Crippen molar-refractivity contribution in [2.45, 2.75) is 71.8 Å². The van der Waals surface area contributed by atoms with Crippen molar-refractivity contribution in [3.8, 4) is 22.5 Å². The Morgan fingerprint density at radius 2 is 1.62 bits per heavy atom. The molecule has 1 aromatic heterocycles. The number of carbonyl (C=O) groups excluding carboxylic acids is 3. The van der Waals surface area contributed by atoms with Crippen LogP contribution in [0.1, 0.15) is 74.4 Å². The van der Waals surface area contributed by atoms with Crippen LogP contribution in [0.3, 0.4) is 0 Å². The second-order valence-corrected chi connectivity index (χ2v) is 14.0. The van der Waals surface area contributed by atoms with E-state index >= 15 is 0 Å². The molecule has 262 valence electrons. The van der Waals surface area contributed by atoms with Gasteiger partial charge in [-0.15, -0.1) is 10.2 Å². The van der Waals surface area contributed by atoms with Crippen LogP contribution < -0.4 is 10.6 Å². The number of hydrogen-bond donors (Lipinski definition) is 4. The molecule has 0 bridgehead atoms. The molecule has 1 aliphatic carbocycles. The van der Waals surface area contributed by atoms with Crippen LogP contribution in [0.2, 0.25) is 0 Å². The summed E-state index contributed by atoms with van der Waals surface area (Å²) in [5.74, 6) is -1.27. The molecule has 5 rings (SSSR count). The van der Waals surface area contributed by atoms with Gasteiger partial charge in [0.2, 0.25) is 11.7 Å². The Balaban J connectivity index is 1.28. The van der Waals surface area contributed by atoms with E-state index in [9.17, 15) is 24.3 Å². The van der Waals surface area contributed by atoms with Crippen LogP contribution in [0, 0.1) is 24.7 Å². The number of aryl methyl sites for hydroxylation is 1. The number of alkyl carbamates (subject to hydrolysis) is 1. The molecule has 50 heavy (non-hydrogen) atoms. The number of amides is 2. The van der Waals surface area contributed by atoms with Crippen molar-refractivity contribution >= 4 is 29.4 Å². The van der Waals surface area contributed by atoms with Crippen LogP contribution in [0.15, 0.2) is 66.7 Å². The van der Waals surface area contributed by atoms with Crippen LogP contribution in [0.25, 0.3) is 22.5 Å². The fraction of sp³-hybridized carbons (Fsp3) is 0.395. The zero-order chi connectivity index (χ0) is 35.8. The maximum Gasteiger partial charge on any atom is 0.407 e. The molecule has 0 aliphatic heterocycles. The maximum absolute atomic E-state index is 13.9. The van der Waals surface area contributed by atoms with Gasteiger partial charge in [-0.05, 0) is 130 Å². The average Bonchev–Trinajstić information content (AvgIpc) is 3.63. The van der Waals surface area contributed by atoms with E-state index in [4.69, 9.17) is 4.74 Å². The van der Waals surface area contributed by atoms with Crippen LogP contribution in [-0.4, -0.2) is 61.6 Å². The molecule has 0 spiro atoms.